The van der Waals surface area contributed by atoms with Gasteiger partial charge in [-0.05, 0) is 18.6 Å². The molecular weight excluding hydrogens is 346 g/mol. The van der Waals surface area contributed by atoms with Crippen LogP contribution < -0.4 is 5.56 Å². The molecule has 8 nitrogen and oxygen atoms in total. The number of aryl methyl sites for hydroxylation is 1. The minimum absolute atomic E-state index is 0.0513. The number of hydrogen-bond donors (Lipinski definition) is 0. The Kier molecular flexibility index (Phi) is 4.53. The van der Waals surface area contributed by atoms with Crippen LogP contribution in [0.5, 0.6) is 0 Å². The van der Waals surface area contributed by atoms with Crippen LogP contribution in [-0.2, 0) is 11.3 Å². The van der Waals surface area contributed by atoms with Crippen LogP contribution in [0.4, 0.5) is 0 Å². The molecule has 0 N–H and O–H groups in total. The van der Waals surface area contributed by atoms with Gasteiger partial charge < -0.3 is 9.42 Å². The summed E-state index contributed by atoms with van der Waals surface area (Å²) in [5.74, 6) is 0.914. The fraction of sp³-hybridized carbons (Fsp3) is 0.316. The molecule has 1 amide bonds. The summed E-state index contributed by atoms with van der Waals surface area (Å²) in [5.41, 5.74) is 0.817. The number of rotatable bonds is 4. The molecule has 0 unspecified atom stereocenters. The summed E-state index contributed by atoms with van der Waals surface area (Å²) in [6.45, 7) is 2.67. The first-order valence-corrected chi connectivity index (χ1v) is 8.77. The lowest BCUT2D eigenvalue weighted by Gasteiger charge is -2.16. The molecule has 0 bridgehead atoms. The Labute approximate surface area is 155 Å². The Hall–Kier alpha value is -3.29. The molecule has 138 valence electrons. The maximum Gasteiger partial charge on any atom is 0.267 e. The van der Waals surface area contributed by atoms with Crippen molar-refractivity contribution in [3.63, 3.8) is 0 Å². The van der Waals surface area contributed by atoms with Crippen LogP contribution in [0.25, 0.3) is 0 Å². The van der Waals surface area contributed by atoms with E-state index in [1.165, 1.54) is 16.9 Å². The van der Waals surface area contributed by atoms with E-state index in [2.05, 4.69) is 15.2 Å². The monoisotopic (exact) mass is 365 g/mol. The van der Waals surface area contributed by atoms with Crippen LogP contribution in [0.3, 0.4) is 0 Å². The standard InChI is InChI=1S/C19H19N5O3/c1-13-21-19(27-22-13)16-11-23(10-15(16)14-6-3-2-4-7-14)18(26)12-24-17(25)8-5-9-20-24/h2-9,15-16H,10-12H2,1H3/t15-,16+/m1/s1. The molecule has 1 aromatic carbocycles. The lowest BCUT2D eigenvalue weighted by Crippen LogP contribution is -2.35. The van der Waals surface area contributed by atoms with Crippen molar-refractivity contribution in [2.75, 3.05) is 13.1 Å². The van der Waals surface area contributed by atoms with E-state index in [4.69, 9.17) is 4.52 Å². The van der Waals surface area contributed by atoms with Gasteiger partial charge in [-0.3, -0.25) is 9.59 Å². The van der Waals surface area contributed by atoms with Crippen LogP contribution in [0, 0.1) is 6.92 Å². The SMILES string of the molecule is Cc1noc([C@H]2CN(C(=O)Cn3ncccc3=O)C[C@@H]2c2ccccc2)n1. The lowest BCUT2D eigenvalue weighted by atomic mass is 9.89. The third kappa shape index (κ3) is 3.51. The molecule has 0 radical (unpaired) electrons. The van der Waals surface area contributed by atoms with E-state index in [0.717, 1.165) is 5.56 Å². The average Bonchev–Trinajstić information content (AvgIpc) is 3.31. The van der Waals surface area contributed by atoms with E-state index in [1.807, 2.05) is 30.3 Å². The van der Waals surface area contributed by atoms with Crippen molar-refractivity contribution in [1.82, 2.24) is 24.8 Å². The first-order valence-electron chi connectivity index (χ1n) is 8.77. The van der Waals surface area contributed by atoms with Crippen LogP contribution >= 0.6 is 0 Å². The Bertz CT molecular complexity index is 998. The largest absolute Gasteiger partial charge is 0.340 e. The minimum atomic E-state index is -0.297. The van der Waals surface area contributed by atoms with Gasteiger partial charge in [0.1, 0.15) is 6.54 Å². The van der Waals surface area contributed by atoms with Crippen molar-refractivity contribution in [3.05, 3.63) is 76.3 Å². The molecule has 3 aromatic rings. The molecule has 2 atom stereocenters. The normalized spacial score (nSPS) is 19.4. The molecule has 0 saturated carbocycles. The highest BCUT2D eigenvalue weighted by Gasteiger charge is 2.40. The summed E-state index contributed by atoms with van der Waals surface area (Å²) in [6.07, 6.45) is 1.50. The van der Waals surface area contributed by atoms with E-state index in [-0.39, 0.29) is 29.8 Å². The van der Waals surface area contributed by atoms with Crippen molar-refractivity contribution in [1.29, 1.82) is 0 Å². The van der Waals surface area contributed by atoms with Crippen LogP contribution in [-0.4, -0.2) is 43.8 Å². The number of likely N-dealkylation sites (tertiary alicyclic amines) is 1. The third-order valence-corrected chi connectivity index (χ3v) is 4.83. The summed E-state index contributed by atoms with van der Waals surface area (Å²) in [7, 11) is 0. The smallest absolute Gasteiger partial charge is 0.267 e. The van der Waals surface area contributed by atoms with Gasteiger partial charge in [-0.15, -0.1) is 0 Å². The topological polar surface area (TPSA) is 94.1 Å². The number of amides is 1. The highest BCUT2D eigenvalue weighted by atomic mass is 16.5. The zero-order valence-electron chi connectivity index (χ0n) is 14.9. The molecule has 2 aromatic heterocycles. The molecule has 8 heteroatoms. The molecule has 4 rings (SSSR count). The van der Waals surface area contributed by atoms with Gasteiger partial charge in [0, 0.05) is 31.3 Å². The van der Waals surface area contributed by atoms with Gasteiger partial charge in [-0.25, -0.2) is 4.68 Å². The average molecular weight is 365 g/mol. The second kappa shape index (κ2) is 7.14. The van der Waals surface area contributed by atoms with Gasteiger partial charge in [0.25, 0.3) is 5.56 Å². The van der Waals surface area contributed by atoms with Gasteiger partial charge in [-0.1, -0.05) is 35.5 Å². The highest BCUT2D eigenvalue weighted by molar-refractivity contribution is 5.76. The molecule has 1 aliphatic rings. The second-order valence-corrected chi connectivity index (χ2v) is 6.62. The van der Waals surface area contributed by atoms with Crippen molar-refractivity contribution in [2.24, 2.45) is 0 Å². The zero-order chi connectivity index (χ0) is 18.8. The number of aromatic nitrogens is 4. The number of nitrogens with zero attached hydrogens (tertiary/aromatic N) is 5. The number of hydrogen-bond acceptors (Lipinski definition) is 6. The van der Waals surface area contributed by atoms with Crippen LogP contribution in [0.2, 0.25) is 0 Å². The van der Waals surface area contributed by atoms with Crippen molar-refractivity contribution < 1.29 is 9.32 Å². The molecule has 0 spiro atoms. The lowest BCUT2D eigenvalue weighted by molar-refractivity contribution is -0.131. The van der Waals surface area contributed by atoms with Gasteiger partial charge >= 0.3 is 0 Å². The van der Waals surface area contributed by atoms with Crippen molar-refractivity contribution in [2.45, 2.75) is 25.3 Å². The van der Waals surface area contributed by atoms with E-state index in [1.54, 1.807) is 17.9 Å². The second-order valence-electron chi connectivity index (χ2n) is 6.62. The Morgan fingerprint density at radius 2 is 1.93 bits per heavy atom. The minimum Gasteiger partial charge on any atom is -0.340 e. The quantitative estimate of drug-likeness (QED) is 0.693. The summed E-state index contributed by atoms with van der Waals surface area (Å²) < 4.78 is 6.57. The molecule has 1 aliphatic heterocycles. The Balaban J connectivity index is 1.59. The van der Waals surface area contributed by atoms with Crippen molar-refractivity contribution in [3.8, 4) is 0 Å². The van der Waals surface area contributed by atoms with E-state index >= 15 is 0 Å². The maximum absolute atomic E-state index is 12.8. The predicted molar refractivity (Wildman–Crippen MR) is 96.0 cm³/mol. The molecular formula is C19H19N5O3. The maximum atomic E-state index is 12.8. The van der Waals surface area contributed by atoms with Crippen LogP contribution in [0.15, 0.2) is 58.0 Å². The molecule has 0 aliphatic carbocycles. The fourth-order valence-electron chi connectivity index (χ4n) is 3.49. The summed E-state index contributed by atoms with van der Waals surface area (Å²) >= 11 is 0. The number of benzene rings is 1. The summed E-state index contributed by atoms with van der Waals surface area (Å²) in [4.78, 5) is 30.7. The number of carbonyl (C=O) groups is 1. The molecule has 27 heavy (non-hydrogen) atoms. The van der Waals surface area contributed by atoms with Crippen molar-refractivity contribution >= 4 is 5.91 Å². The van der Waals surface area contributed by atoms with Crippen LogP contribution in [0.1, 0.15) is 29.1 Å². The Morgan fingerprint density at radius 3 is 2.63 bits per heavy atom. The first-order chi connectivity index (χ1) is 13.1. The summed E-state index contributed by atoms with van der Waals surface area (Å²) in [5, 5.41) is 7.86. The molecule has 1 saturated heterocycles. The zero-order valence-corrected chi connectivity index (χ0v) is 14.9. The highest BCUT2D eigenvalue weighted by Crippen LogP contribution is 2.39. The predicted octanol–water partition coefficient (Wildman–Crippen LogP) is 1.34. The summed E-state index contributed by atoms with van der Waals surface area (Å²) in [6, 6.07) is 12.9. The molecule has 1 fully saturated rings. The van der Waals surface area contributed by atoms with Gasteiger partial charge in [0.15, 0.2) is 5.82 Å². The number of carbonyl (C=O) groups excluding carboxylic acids is 1. The van der Waals surface area contributed by atoms with E-state index in [0.29, 0.717) is 24.8 Å². The Morgan fingerprint density at radius 1 is 1.15 bits per heavy atom. The first kappa shape index (κ1) is 17.1. The van der Waals surface area contributed by atoms with E-state index < -0.39 is 0 Å². The van der Waals surface area contributed by atoms with Gasteiger partial charge in [-0.2, -0.15) is 10.1 Å². The fourth-order valence-corrected chi connectivity index (χ4v) is 3.49. The van der Waals surface area contributed by atoms with E-state index in [9.17, 15) is 9.59 Å². The van der Waals surface area contributed by atoms with Gasteiger partial charge in [0.05, 0.1) is 5.92 Å². The van der Waals surface area contributed by atoms with Gasteiger partial charge in [0.2, 0.25) is 11.8 Å². The molecule has 3 heterocycles. The third-order valence-electron chi connectivity index (χ3n) is 4.83.